The molecule has 0 bridgehead atoms. The van der Waals surface area contributed by atoms with Crippen molar-refractivity contribution in [1.82, 2.24) is 10.4 Å². The molecule has 0 atom stereocenters. The van der Waals surface area contributed by atoms with Gasteiger partial charge in [0.15, 0.2) is 0 Å². The summed E-state index contributed by atoms with van der Waals surface area (Å²) in [6, 6.07) is 3.68. The Morgan fingerprint density at radius 3 is 2.94 bits per heavy atom. The summed E-state index contributed by atoms with van der Waals surface area (Å²) in [5.74, 6) is -0.183. The van der Waals surface area contributed by atoms with E-state index in [-0.39, 0.29) is 5.91 Å². The largest absolute Gasteiger partial charge is 0.272 e. The standard InChI is InChI=1S/C13H13N3OS/c1-9-10(2)18-8-12(9)13(17)16-15-7-11-4-3-5-14-6-11/h3-8H,1-2H3,(H,16,17)/b15-7-. The van der Waals surface area contributed by atoms with Crippen LogP contribution in [0.5, 0.6) is 0 Å². The van der Waals surface area contributed by atoms with Gasteiger partial charge in [0.1, 0.15) is 0 Å². The van der Waals surface area contributed by atoms with Gasteiger partial charge in [0.25, 0.3) is 5.91 Å². The minimum Gasteiger partial charge on any atom is -0.267 e. The molecule has 2 rings (SSSR count). The summed E-state index contributed by atoms with van der Waals surface area (Å²) in [6.45, 7) is 3.93. The van der Waals surface area contributed by atoms with Crippen LogP contribution in [-0.4, -0.2) is 17.1 Å². The van der Waals surface area contributed by atoms with Crippen molar-refractivity contribution in [1.29, 1.82) is 0 Å². The summed E-state index contributed by atoms with van der Waals surface area (Å²) in [6.07, 6.45) is 4.93. The van der Waals surface area contributed by atoms with Crippen molar-refractivity contribution in [2.75, 3.05) is 0 Å². The third-order valence-corrected chi connectivity index (χ3v) is 3.61. The van der Waals surface area contributed by atoms with Crippen molar-refractivity contribution < 1.29 is 4.79 Å². The van der Waals surface area contributed by atoms with Gasteiger partial charge in [0, 0.05) is 28.2 Å². The number of nitrogens with zero attached hydrogens (tertiary/aromatic N) is 2. The summed E-state index contributed by atoms with van der Waals surface area (Å²) in [7, 11) is 0. The van der Waals surface area contributed by atoms with Gasteiger partial charge in [-0.05, 0) is 25.5 Å². The highest BCUT2D eigenvalue weighted by molar-refractivity contribution is 7.10. The molecule has 0 aliphatic carbocycles. The van der Waals surface area contributed by atoms with Crippen LogP contribution in [0.1, 0.15) is 26.4 Å². The average molecular weight is 259 g/mol. The maximum absolute atomic E-state index is 11.8. The molecular formula is C13H13N3OS. The highest BCUT2D eigenvalue weighted by Crippen LogP contribution is 2.20. The smallest absolute Gasteiger partial charge is 0.267 e. The number of carbonyl (C=O) groups is 1. The Morgan fingerprint density at radius 2 is 2.33 bits per heavy atom. The van der Waals surface area contributed by atoms with Crippen molar-refractivity contribution in [3.05, 3.63) is 51.5 Å². The van der Waals surface area contributed by atoms with Crippen molar-refractivity contribution in [2.45, 2.75) is 13.8 Å². The number of aryl methyl sites for hydroxylation is 1. The number of nitrogens with one attached hydrogen (secondary N) is 1. The highest BCUT2D eigenvalue weighted by Gasteiger charge is 2.11. The molecule has 2 aromatic heterocycles. The number of hydrogen-bond acceptors (Lipinski definition) is 4. The second-order valence-corrected chi connectivity index (χ2v) is 4.90. The van der Waals surface area contributed by atoms with Gasteiger partial charge in [0.05, 0.1) is 11.8 Å². The molecule has 0 aliphatic heterocycles. The summed E-state index contributed by atoms with van der Waals surface area (Å²) in [4.78, 5) is 16.9. The predicted molar refractivity (Wildman–Crippen MR) is 73.1 cm³/mol. The summed E-state index contributed by atoms with van der Waals surface area (Å²) in [5, 5.41) is 5.76. The van der Waals surface area contributed by atoms with Crippen molar-refractivity contribution >= 4 is 23.5 Å². The number of amides is 1. The van der Waals surface area contributed by atoms with Gasteiger partial charge in [-0.25, -0.2) is 5.43 Å². The van der Waals surface area contributed by atoms with Crippen LogP contribution in [0.25, 0.3) is 0 Å². The number of carbonyl (C=O) groups excluding carboxylic acids is 1. The average Bonchev–Trinajstić information content (AvgIpc) is 2.71. The number of rotatable bonds is 3. The van der Waals surface area contributed by atoms with E-state index in [9.17, 15) is 4.79 Å². The first-order valence-electron chi connectivity index (χ1n) is 5.46. The van der Waals surface area contributed by atoms with E-state index in [1.54, 1.807) is 29.9 Å². The molecule has 92 valence electrons. The molecule has 18 heavy (non-hydrogen) atoms. The van der Waals surface area contributed by atoms with E-state index in [0.717, 1.165) is 16.0 Å². The SMILES string of the molecule is Cc1scc(C(=O)N/N=C\c2cccnc2)c1C. The number of pyridine rings is 1. The fourth-order valence-electron chi connectivity index (χ4n) is 1.42. The Bertz CT molecular complexity index is 575. The molecule has 4 nitrogen and oxygen atoms in total. The van der Waals surface area contributed by atoms with E-state index in [1.165, 1.54) is 0 Å². The second-order valence-electron chi connectivity index (χ2n) is 3.82. The van der Waals surface area contributed by atoms with E-state index >= 15 is 0 Å². The molecule has 0 spiro atoms. The lowest BCUT2D eigenvalue weighted by molar-refractivity contribution is 0.0955. The molecule has 1 N–H and O–H groups in total. The summed E-state index contributed by atoms with van der Waals surface area (Å²) < 4.78 is 0. The van der Waals surface area contributed by atoms with Crippen LogP contribution >= 0.6 is 11.3 Å². The van der Waals surface area contributed by atoms with Crippen LogP contribution in [0.15, 0.2) is 35.0 Å². The zero-order valence-electron chi connectivity index (χ0n) is 10.2. The Kier molecular flexibility index (Phi) is 3.84. The number of hydrazone groups is 1. The maximum atomic E-state index is 11.8. The molecular weight excluding hydrogens is 246 g/mol. The molecule has 2 heterocycles. The van der Waals surface area contributed by atoms with Crippen LogP contribution in [0.2, 0.25) is 0 Å². The first-order chi connectivity index (χ1) is 8.68. The molecule has 2 aromatic rings. The lowest BCUT2D eigenvalue weighted by Crippen LogP contribution is -2.17. The van der Waals surface area contributed by atoms with E-state index in [4.69, 9.17) is 0 Å². The van der Waals surface area contributed by atoms with Crippen LogP contribution in [0, 0.1) is 13.8 Å². The molecule has 1 amide bonds. The Morgan fingerprint density at radius 1 is 1.50 bits per heavy atom. The van der Waals surface area contributed by atoms with Gasteiger partial charge < -0.3 is 0 Å². The van der Waals surface area contributed by atoms with Gasteiger partial charge in [-0.2, -0.15) is 5.10 Å². The minimum absolute atomic E-state index is 0.183. The topological polar surface area (TPSA) is 54.4 Å². The third-order valence-electron chi connectivity index (χ3n) is 2.59. The van der Waals surface area contributed by atoms with E-state index < -0.39 is 0 Å². The van der Waals surface area contributed by atoms with Gasteiger partial charge >= 0.3 is 0 Å². The molecule has 0 radical (unpaired) electrons. The Balaban J connectivity index is 2.01. The van der Waals surface area contributed by atoms with E-state index in [0.29, 0.717) is 5.56 Å². The lowest BCUT2D eigenvalue weighted by atomic mass is 10.2. The Hall–Kier alpha value is -2.01. The van der Waals surface area contributed by atoms with Gasteiger partial charge in [0.2, 0.25) is 0 Å². The normalized spacial score (nSPS) is 10.8. The van der Waals surface area contributed by atoms with E-state index in [2.05, 4.69) is 15.5 Å². The first kappa shape index (κ1) is 12.4. The highest BCUT2D eigenvalue weighted by atomic mass is 32.1. The maximum Gasteiger partial charge on any atom is 0.272 e. The van der Waals surface area contributed by atoms with Crippen LogP contribution in [0.4, 0.5) is 0 Å². The minimum atomic E-state index is -0.183. The van der Waals surface area contributed by atoms with Crippen molar-refractivity contribution in [2.24, 2.45) is 5.10 Å². The van der Waals surface area contributed by atoms with Gasteiger partial charge in [-0.3, -0.25) is 9.78 Å². The number of thiophene rings is 1. The van der Waals surface area contributed by atoms with Gasteiger partial charge in [-0.15, -0.1) is 11.3 Å². The monoisotopic (exact) mass is 259 g/mol. The number of hydrogen-bond donors (Lipinski definition) is 1. The van der Waals surface area contributed by atoms with Crippen LogP contribution < -0.4 is 5.43 Å². The van der Waals surface area contributed by atoms with Crippen LogP contribution in [0.3, 0.4) is 0 Å². The molecule has 0 unspecified atom stereocenters. The zero-order valence-corrected chi connectivity index (χ0v) is 11.0. The van der Waals surface area contributed by atoms with Gasteiger partial charge in [-0.1, -0.05) is 6.07 Å². The number of aromatic nitrogens is 1. The van der Waals surface area contributed by atoms with Crippen molar-refractivity contribution in [3.8, 4) is 0 Å². The predicted octanol–water partition coefficient (Wildman–Crippen LogP) is 2.52. The van der Waals surface area contributed by atoms with Crippen molar-refractivity contribution in [3.63, 3.8) is 0 Å². The molecule has 0 saturated carbocycles. The molecule has 0 aliphatic rings. The Labute approximate surface area is 109 Å². The lowest BCUT2D eigenvalue weighted by Gasteiger charge is -1.98. The molecule has 0 fully saturated rings. The summed E-state index contributed by atoms with van der Waals surface area (Å²) >= 11 is 1.57. The van der Waals surface area contributed by atoms with Crippen LogP contribution in [-0.2, 0) is 0 Å². The second kappa shape index (κ2) is 5.55. The molecule has 0 saturated heterocycles. The fourth-order valence-corrected chi connectivity index (χ4v) is 2.28. The zero-order chi connectivity index (χ0) is 13.0. The fraction of sp³-hybridized carbons (Fsp3) is 0.154. The summed E-state index contributed by atoms with van der Waals surface area (Å²) in [5.41, 5.74) is 5.04. The third kappa shape index (κ3) is 2.81. The van der Waals surface area contributed by atoms with E-state index in [1.807, 2.05) is 31.4 Å². The molecule has 0 aromatic carbocycles. The molecule has 5 heteroatoms. The first-order valence-corrected chi connectivity index (χ1v) is 6.34. The quantitative estimate of drug-likeness (QED) is 0.680.